The Bertz CT molecular complexity index is 45.6. The molecule has 3 heteroatoms. The van der Waals surface area contributed by atoms with Crippen molar-refractivity contribution in [3.63, 3.8) is 0 Å². The molecule has 0 aromatic heterocycles. The highest BCUT2D eigenvalue weighted by atomic mass is 35.5. The van der Waals surface area contributed by atoms with Crippen molar-refractivity contribution in [2.45, 2.75) is 0 Å². The van der Waals surface area contributed by atoms with Crippen LogP contribution in [0.25, 0.3) is 0 Å². The van der Waals surface area contributed by atoms with E-state index in [1.165, 1.54) is 0 Å². The molecule has 1 nitrogen and oxygen atoms in total. The number of rotatable bonds is 0. The van der Waals surface area contributed by atoms with Gasteiger partial charge < -0.3 is 5.73 Å². The van der Waals surface area contributed by atoms with Crippen molar-refractivity contribution in [2.75, 3.05) is 0 Å². The van der Waals surface area contributed by atoms with E-state index in [1.807, 2.05) is 0 Å². The van der Waals surface area contributed by atoms with Gasteiger partial charge in [0.15, 0.2) is 0 Å². The highest BCUT2D eigenvalue weighted by Gasteiger charge is 1.66. The summed E-state index contributed by atoms with van der Waals surface area (Å²) in [5, 5.41) is 0.117. The Labute approximate surface area is 40.4 Å². The predicted molar refractivity (Wildman–Crippen MR) is 24.0 cm³/mol. The Morgan fingerprint density at radius 1 is 1.80 bits per heavy atom. The molecule has 0 aliphatic heterocycles. The van der Waals surface area contributed by atoms with Gasteiger partial charge in [0.25, 0.3) is 0 Å². The minimum Gasteiger partial charge on any atom is -0.389 e. The molecule has 0 rings (SSSR count). The van der Waals surface area contributed by atoms with Crippen LogP contribution in [-0.2, 0) is 0 Å². The third-order valence-electron chi connectivity index (χ3n) is 0.104. The van der Waals surface area contributed by atoms with Crippen LogP contribution in [0.2, 0.25) is 0 Å². The first-order chi connectivity index (χ1) is 2.27. The molecule has 30 valence electrons. The second kappa shape index (κ2) is 2.36. The quantitative estimate of drug-likeness (QED) is 0.468. The lowest BCUT2D eigenvalue weighted by Crippen LogP contribution is -1.82. The molecule has 0 aliphatic rings. The smallest absolute Gasteiger partial charge is 0.111 e. The number of halogens is 2. The van der Waals surface area contributed by atoms with Gasteiger partial charge >= 0.3 is 0 Å². The standard InChI is InChI=1S/C2H3Cl2N/c3-1-2(4)5/h1H,5H2/b2-1+. The van der Waals surface area contributed by atoms with Crippen LogP contribution < -0.4 is 5.73 Å². The van der Waals surface area contributed by atoms with Crippen molar-refractivity contribution in [3.05, 3.63) is 10.7 Å². The minimum atomic E-state index is 0.117. The Morgan fingerprint density at radius 2 is 2.00 bits per heavy atom. The molecule has 0 atom stereocenters. The minimum absolute atomic E-state index is 0.117. The second-order valence-electron chi connectivity index (χ2n) is 0.494. The van der Waals surface area contributed by atoms with Crippen LogP contribution in [0.3, 0.4) is 0 Å². The molecule has 0 amide bonds. The molecule has 2 N–H and O–H groups in total. The van der Waals surface area contributed by atoms with Crippen molar-refractivity contribution >= 4 is 23.2 Å². The van der Waals surface area contributed by atoms with Crippen molar-refractivity contribution in [3.8, 4) is 0 Å². The largest absolute Gasteiger partial charge is 0.389 e. The van der Waals surface area contributed by atoms with E-state index >= 15 is 0 Å². The lowest BCUT2D eigenvalue weighted by molar-refractivity contribution is 1.56. The highest BCUT2D eigenvalue weighted by Crippen LogP contribution is 1.89. The molecule has 0 heterocycles. The fourth-order valence-electron chi connectivity index (χ4n) is 0. The van der Waals surface area contributed by atoms with Gasteiger partial charge in [-0.15, -0.1) is 0 Å². The summed E-state index contributed by atoms with van der Waals surface area (Å²) in [5.41, 5.74) is 5.89. The summed E-state index contributed by atoms with van der Waals surface area (Å²) in [6, 6.07) is 0. The van der Waals surface area contributed by atoms with Crippen molar-refractivity contribution in [2.24, 2.45) is 5.73 Å². The lowest BCUT2D eigenvalue weighted by atomic mass is 11.1. The van der Waals surface area contributed by atoms with Crippen LogP contribution >= 0.6 is 23.2 Å². The molecule has 0 spiro atoms. The first-order valence-electron chi connectivity index (χ1n) is 0.985. The Morgan fingerprint density at radius 3 is 2.00 bits per heavy atom. The number of hydrogen-bond donors (Lipinski definition) is 1. The van der Waals surface area contributed by atoms with Gasteiger partial charge in [-0.2, -0.15) is 0 Å². The van der Waals surface area contributed by atoms with E-state index in [0.29, 0.717) is 0 Å². The summed E-state index contributed by atoms with van der Waals surface area (Å²) < 4.78 is 0. The van der Waals surface area contributed by atoms with Gasteiger partial charge in [-0.3, -0.25) is 0 Å². The van der Waals surface area contributed by atoms with E-state index in [2.05, 4.69) is 0 Å². The van der Waals surface area contributed by atoms with E-state index in [9.17, 15) is 0 Å². The number of nitrogens with two attached hydrogens (primary N) is 1. The van der Waals surface area contributed by atoms with Crippen molar-refractivity contribution < 1.29 is 0 Å². The molecule has 5 heavy (non-hydrogen) atoms. The van der Waals surface area contributed by atoms with Gasteiger partial charge in [-0.25, -0.2) is 0 Å². The van der Waals surface area contributed by atoms with Crippen LogP contribution in [0.4, 0.5) is 0 Å². The molecule has 0 saturated heterocycles. The summed E-state index contributed by atoms with van der Waals surface area (Å²) in [7, 11) is 0. The molecule has 0 saturated carbocycles. The van der Waals surface area contributed by atoms with E-state index in [1.54, 1.807) is 0 Å². The average molecular weight is 112 g/mol. The molecule has 0 aliphatic carbocycles. The van der Waals surface area contributed by atoms with Crippen LogP contribution in [0.5, 0.6) is 0 Å². The van der Waals surface area contributed by atoms with Gasteiger partial charge in [0, 0.05) is 5.54 Å². The molecule has 0 bridgehead atoms. The van der Waals surface area contributed by atoms with Gasteiger partial charge in [0.1, 0.15) is 5.16 Å². The van der Waals surface area contributed by atoms with Crippen LogP contribution in [0, 0.1) is 0 Å². The van der Waals surface area contributed by atoms with Crippen LogP contribution in [-0.4, -0.2) is 0 Å². The Hall–Kier alpha value is 0.120. The maximum absolute atomic E-state index is 4.97. The summed E-state index contributed by atoms with van der Waals surface area (Å²) in [5.74, 6) is 0. The van der Waals surface area contributed by atoms with Gasteiger partial charge in [-0.05, 0) is 0 Å². The zero-order valence-electron chi connectivity index (χ0n) is 2.41. The Balaban J connectivity index is 3.14. The topological polar surface area (TPSA) is 26.0 Å². The van der Waals surface area contributed by atoms with E-state index in [-0.39, 0.29) is 5.16 Å². The van der Waals surface area contributed by atoms with Gasteiger partial charge in [0.2, 0.25) is 0 Å². The maximum atomic E-state index is 4.97. The molecule has 0 aromatic carbocycles. The zero-order chi connectivity index (χ0) is 4.28. The van der Waals surface area contributed by atoms with E-state index in [4.69, 9.17) is 28.9 Å². The van der Waals surface area contributed by atoms with Gasteiger partial charge in [-0.1, -0.05) is 23.2 Å². The highest BCUT2D eigenvalue weighted by molar-refractivity contribution is 6.35. The summed E-state index contributed by atoms with van der Waals surface area (Å²) in [6.45, 7) is 0. The molecule has 0 radical (unpaired) electrons. The zero-order valence-corrected chi connectivity index (χ0v) is 3.92. The SMILES string of the molecule is N/C(Cl)=C/Cl. The van der Waals surface area contributed by atoms with E-state index in [0.717, 1.165) is 5.54 Å². The fourth-order valence-corrected chi connectivity index (χ4v) is 0. The monoisotopic (exact) mass is 111 g/mol. The molecular weight excluding hydrogens is 109 g/mol. The molecular formula is C2H3Cl2N. The van der Waals surface area contributed by atoms with E-state index < -0.39 is 0 Å². The Kier molecular flexibility index (Phi) is 2.42. The third kappa shape index (κ3) is 4.12. The summed E-state index contributed by atoms with van der Waals surface area (Å²) >= 11 is 9.89. The van der Waals surface area contributed by atoms with Crippen LogP contribution in [0.1, 0.15) is 0 Å². The van der Waals surface area contributed by atoms with Crippen LogP contribution in [0.15, 0.2) is 10.7 Å². The molecule has 0 fully saturated rings. The fraction of sp³-hybridized carbons (Fsp3) is 0. The third-order valence-corrected chi connectivity index (χ3v) is 0.560. The lowest BCUT2D eigenvalue weighted by Gasteiger charge is -1.70. The molecule has 0 aromatic rings. The predicted octanol–water partition coefficient (Wildman–Crippen LogP) is 1.22. The summed E-state index contributed by atoms with van der Waals surface area (Å²) in [6.07, 6.45) is 0. The first kappa shape index (κ1) is 5.12. The normalized spacial score (nSPS) is 12.0. The summed E-state index contributed by atoms with van der Waals surface area (Å²) in [4.78, 5) is 0. The molecule has 0 unspecified atom stereocenters. The maximum Gasteiger partial charge on any atom is 0.111 e. The van der Waals surface area contributed by atoms with Crippen molar-refractivity contribution in [1.29, 1.82) is 0 Å². The number of hydrogen-bond acceptors (Lipinski definition) is 1. The second-order valence-corrected chi connectivity index (χ2v) is 1.15. The van der Waals surface area contributed by atoms with Crippen molar-refractivity contribution in [1.82, 2.24) is 0 Å². The first-order valence-corrected chi connectivity index (χ1v) is 1.80. The van der Waals surface area contributed by atoms with Gasteiger partial charge in [0.05, 0.1) is 0 Å². The average Bonchev–Trinajstić information content (AvgIpc) is 1.38.